The van der Waals surface area contributed by atoms with Gasteiger partial charge in [0, 0.05) is 25.7 Å². The van der Waals surface area contributed by atoms with Gasteiger partial charge < -0.3 is 4.74 Å². The average Bonchev–Trinajstić information content (AvgIpc) is 2.77. The Morgan fingerprint density at radius 2 is 2.26 bits per heavy atom. The van der Waals surface area contributed by atoms with Gasteiger partial charge in [-0.25, -0.2) is 4.39 Å². The normalized spacial score (nSPS) is 10.5. The maximum absolute atomic E-state index is 13.2. The zero-order valence-electron chi connectivity index (χ0n) is 10.8. The summed E-state index contributed by atoms with van der Waals surface area (Å²) in [6, 6.07) is 4.43. The average molecular weight is 263 g/mol. The largest absolute Gasteiger partial charge is 0.469 e. The van der Waals surface area contributed by atoms with E-state index in [1.807, 2.05) is 0 Å². The minimum absolute atomic E-state index is 0.267. The van der Waals surface area contributed by atoms with E-state index in [2.05, 4.69) is 14.8 Å². The van der Waals surface area contributed by atoms with Gasteiger partial charge in [-0.1, -0.05) is 0 Å². The van der Waals surface area contributed by atoms with Crippen LogP contribution in [0.15, 0.2) is 24.4 Å². The highest BCUT2D eigenvalue weighted by atomic mass is 19.1. The van der Waals surface area contributed by atoms with Crippen molar-refractivity contribution in [2.24, 2.45) is 7.05 Å². The lowest BCUT2D eigenvalue weighted by molar-refractivity contribution is -0.140. The number of esters is 1. The van der Waals surface area contributed by atoms with Gasteiger partial charge in [0.2, 0.25) is 0 Å². The Hall–Kier alpha value is -2.24. The highest BCUT2D eigenvalue weighted by Gasteiger charge is 2.10. The molecule has 0 bridgehead atoms. The molecule has 2 heterocycles. The van der Waals surface area contributed by atoms with Crippen molar-refractivity contribution < 1.29 is 13.9 Å². The molecule has 2 aromatic rings. The zero-order chi connectivity index (χ0) is 13.8. The quantitative estimate of drug-likeness (QED) is 0.788. The molecular formula is C13H14FN3O2. The summed E-state index contributed by atoms with van der Waals surface area (Å²) in [5, 5.41) is 4.27. The molecule has 0 aliphatic heterocycles. The molecule has 0 saturated carbocycles. The predicted molar refractivity (Wildman–Crippen MR) is 66.7 cm³/mol. The van der Waals surface area contributed by atoms with Crippen LogP contribution in [0.2, 0.25) is 0 Å². The van der Waals surface area contributed by atoms with Crippen LogP contribution in [0.5, 0.6) is 0 Å². The van der Waals surface area contributed by atoms with Crippen LogP contribution in [0, 0.1) is 5.82 Å². The topological polar surface area (TPSA) is 57.0 Å². The molecule has 0 spiro atoms. The van der Waals surface area contributed by atoms with Crippen LogP contribution in [0.25, 0.3) is 11.4 Å². The molecule has 0 amide bonds. The van der Waals surface area contributed by atoms with Crippen LogP contribution >= 0.6 is 0 Å². The van der Waals surface area contributed by atoms with Crippen LogP contribution in [-0.4, -0.2) is 27.8 Å². The summed E-state index contributed by atoms with van der Waals surface area (Å²) >= 11 is 0. The third-order valence-electron chi connectivity index (χ3n) is 2.73. The molecule has 0 aliphatic carbocycles. The number of methoxy groups -OCH3 is 1. The van der Waals surface area contributed by atoms with Gasteiger partial charge in [0.25, 0.3) is 0 Å². The van der Waals surface area contributed by atoms with E-state index in [0.717, 1.165) is 5.69 Å². The first kappa shape index (κ1) is 13.2. The number of aromatic nitrogens is 3. The first-order valence-corrected chi connectivity index (χ1v) is 5.82. The molecule has 0 aliphatic rings. The van der Waals surface area contributed by atoms with E-state index < -0.39 is 0 Å². The third kappa shape index (κ3) is 3.15. The number of ether oxygens (including phenoxy) is 1. The molecule has 0 saturated heterocycles. The van der Waals surface area contributed by atoms with E-state index in [4.69, 9.17) is 0 Å². The molecule has 0 radical (unpaired) electrons. The Labute approximate surface area is 110 Å². The van der Waals surface area contributed by atoms with Crippen LogP contribution in [0.3, 0.4) is 0 Å². The van der Waals surface area contributed by atoms with Crippen molar-refractivity contribution in [3.05, 3.63) is 35.9 Å². The fourth-order valence-electron chi connectivity index (χ4n) is 1.77. The molecule has 0 unspecified atom stereocenters. The van der Waals surface area contributed by atoms with Crippen molar-refractivity contribution >= 4 is 5.97 Å². The van der Waals surface area contributed by atoms with Crippen molar-refractivity contribution in [2.45, 2.75) is 12.8 Å². The Kier molecular flexibility index (Phi) is 3.89. The van der Waals surface area contributed by atoms with E-state index in [9.17, 15) is 9.18 Å². The second-order valence-corrected chi connectivity index (χ2v) is 4.08. The molecule has 0 aromatic carbocycles. The van der Waals surface area contributed by atoms with Crippen molar-refractivity contribution in [3.63, 3.8) is 0 Å². The summed E-state index contributed by atoms with van der Waals surface area (Å²) in [6.45, 7) is 0. The number of aryl methyl sites for hydroxylation is 2. The van der Waals surface area contributed by atoms with Crippen LogP contribution in [0.4, 0.5) is 4.39 Å². The van der Waals surface area contributed by atoms with Gasteiger partial charge in [0.1, 0.15) is 5.82 Å². The number of hydrogen-bond acceptors (Lipinski definition) is 4. The Bertz CT molecular complexity index is 595. The van der Waals surface area contributed by atoms with Crippen LogP contribution < -0.4 is 0 Å². The number of rotatable bonds is 4. The number of carbonyl (C=O) groups excluding carboxylic acids is 1. The van der Waals surface area contributed by atoms with Crippen LogP contribution in [-0.2, 0) is 23.0 Å². The highest BCUT2D eigenvalue weighted by Crippen LogP contribution is 2.18. The first-order valence-electron chi connectivity index (χ1n) is 5.82. The third-order valence-corrected chi connectivity index (χ3v) is 2.73. The molecule has 100 valence electrons. The summed E-state index contributed by atoms with van der Waals surface area (Å²) in [5.41, 5.74) is 1.97. The van der Waals surface area contributed by atoms with Crippen molar-refractivity contribution in [3.8, 4) is 11.4 Å². The molecule has 2 aromatic heterocycles. The van der Waals surface area contributed by atoms with E-state index in [1.165, 1.54) is 25.4 Å². The maximum atomic E-state index is 13.2. The molecule has 6 heteroatoms. The first-order chi connectivity index (χ1) is 9.10. The molecule has 2 rings (SSSR count). The highest BCUT2D eigenvalue weighted by molar-refractivity contribution is 5.69. The molecular weight excluding hydrogens is 249 g/mol. The van der Waals surface area contributed by atoms with Crippen molar-refractivity contribution in [2.75, 3.05) is 7.11 Å². The summed E-state index contributed by atoms with van der Waals surface area (Å²) in [5.74, 6) is -0.626. The fraction of sp³-hybridized carbons (Fsp3) is 0.308. The van der Waals surface area contributed by atoms with Gasteiger partial charge in [-0.2, -0.15) is 5.10 Å². The Morgan fingerprint density at radius 3 is 2.95 bits per heavy atom. The Morgan fingerprint density at radius 1 is 1.47 bits per heavy atom. The van der Waals surface area contributed by atoms with Gasteiger partial charge in [-0.15, -0.1) is 0 Å². The summed E-state index contributed by atoms with van der Waals surface area (Å²) in [4.78, 5) is 15.2. The van der Waals surface area contributed by atoms with Gasteiger partial charge in [-0.05, 0) is 12.1 Å². The van der Waals surface area contributed by atoms with Crippen LogP contribution in [0.1, 0.15) is 12.1 Å². The summed E-state index contributed by atoms with van der Waals surface area (Å²) in [7, 11) is 3.10. The number of halogens is 1. The predicted octanol–water partition coefficient (Wildman–Crippen LogP) is 1.73. The second-order valence-electron chi connectivity index (χ2n) is 4.08. The Balaban J connectivity index is 2.19. The molecule has 0 N–H and O–H groups in total. The van der Waals surface area contributed by atoms with E-state index in [1.54, 1.807) is 17.8 Å². The second kappa shape index (κ2) is 5.60. The van der Waals surface area contributed by atoms with E-state index in [0.29, 0.717) is 17.8 Å². The van der Waals surface area contributed by atoms with Gasteiger partial charge in [0.05, 0.1) is 30.6 Å². The monoisotopic (exact) mass is 263 g/mol. The lowest BCUT2D eigenvalue weighted by Crippen LogP contribution is -2.02. The van der Waals surface area contributed by atoms with Crippen molar-refractivity contribution in [1.82, 2.24) is 14.8 Å². The maximum Gasteiger partial charge on any atom is 0.305 e. The molecule has 0 fully saturated rings. The molecule has 5 nitrogen and oxygen atoms in total. The zero-order valence-corrected chi connectivity index (χ0v) is 10.8. The SMILES string of the molecule is COC(=O)CCc1cc(-c2cc(F)ccn2)n(C)n1. The minimum Gasteiger partial charge on any atom is -0.469 e. The molecule has 0 atom stereocenters. The van der Waals surface area contributed by atoms with E-state index in [-0.39, 0.29) is 18.2 Å². The smallest absolute Gasteiger partial charge is 0.305 e. The van der Waals surface area contributed by atoms with E-state index >= 15 is 0 Å². The standard InChI is InChI=1S/C13H14FN3O2/c1-17-12(11-7-9(14)5-6-15-11)8-10(16-17)3-4-13(18)19-2/h5-8H,3-4H2,1-2H3. The summed E-state index contributed by atoms with van der Waals surface area (Å²) < 4.78 is 19.4. The molecule has 19 heavy (non-hydrogen) atoms. The lowest BCUT2D eigenvalue weighted by atomic mass is 10.2. The summed E-state index contributed by atoms with van der Waals surface area (Å²) in [6.07, 6.45) is 2.16. The van der Waals surface area contributed by atoms with Gasteiger partial charge in [0.15, 0.2) is 0 Å². The van der Waals surface area contributed by atoms with Gasteiger partial charge >= 0.3 is 5.97 Å². The lowest BCUT2D eigenvalue weighted by Gasteiger charge is -1.99. The van der Waals surface area contributed by atoms with Gasteiger partial charge in [-0.3, -0.25) is 14.5 Å². The number of pyridine rings is 1. The number of hydrogen-bond donors (Lipinski definition) is 0. The minimum atomic E-state index is -0.345. The number of nitrogens with zero attached hydrogens (tertiary/aromatic N) is 3. The van der Waals surface area contributed by atoms with Crippen molar-refractivity contribution in [1.29, 1.82) is 0 Å². The fourth-order valence-corrected chi connectivity index (χ4v) is 1.77. The number of carbonyl (C=O) groups is 1.